The lowest BCUT2D eigenvalue weighted by molar-refractivity contribution is -0.439. The van der Waals surface area contributed by atoms with Crippen molar-refractivity contribution in [2.24, 2.45) is 0 Å². The predicted octanol–water partition coefficient (Wildman–Crippen LogP) is 8.05. The maximum atomic E-state index is 13.9. The molecule has 2 nitrogen and oxygen atoms in total. The Morgan fingerprint density at radius 3 is 1.63 bits per heavy atom. The number of halogens is 13. The number of hydrogen-bond donors (Lipinski definition) is 0. The Kier molecular flexibility index (Phi) is 12.4. The van der Waals surface area contributed by atoms with Crippen LogP contribution in [-0.4, -0.2) is 64.5 Å². The third-order valence-electron chi connectivity index (χ3n) is 4.43. The van der Waals surface area contributed by atoms with Gasteiger partial charge in [0.2, 0.25) is 0 Å². The van der Waals surface area contributed by atoms with Gasteiger partial charge in [0.1, 0.15) is 4.58 Å². The second kappa shape index (κ2) is 12.7. The molecule has 0 saturated heterocycles. The molecule has 0 spiro atoms. The number of hydrogen-bond acceptors (Lipinski definition) is 4. The van der Waals surface area contributed by atoms with Crippen molar-refractivity contribution in [3.05, 3.63) is 0 Å². The zero-order chi connectivity index (χ0) is 27.9. The minimum Gasteiger partial charge on any atom is -0.465 e. The fraction of sp³-hybridized carbons (Fsp3) is 0.944. The summed E-state index contributed by atoms with van der Waals surface area (Å²) in [6.07, 6.45) is -6.78. The van der Waals surface area contributed by atoms with Gasteiger partial charge >= 0.3 is 41.8 Å². The molecule has 0 aromatic carbocycles. The highest BCUT2D eigenvalue weighted by molar-refractivity contribution is 8.18. The van der Waals surface area contributed by atoms with Gasteiger partial charge in [0.25, 0.3) is 0 Å². The quantitative estimate of drug-likeness (QED) is 0.0797. The van der Waals surface area contributed by atoms with E-state index in [0.29, 0.717) is 12.2 Å². The highest BCUT2D eigenvalue weighted by Gasteiger charge is 2.90. The number of carbonyl (C=O) groups is 1. The number of ether oxygens (including phenoxy) is 1. The molecule has 0 radical (unpaired) electrons. The first-order valence-corrected chi connectivity index (χ1v) is 12.1. The van der Waals surface area contributed by atoms with Crippen LogP contribution in [0.2, 0.25) is 0 Å². The number of thioether (sulfide) groups is 2. The highest BCUT2D eigenvalue weighted by Crippen LogP contribution is 2.60. The van der Waals surface area contributed by atoms with Crippen LogP contribution in [0.4, 0.5) is 57.1 Å². The lowest BCUT2D eigenvalue weighted by atomic mass is 9.93. The molecule has 0 aromatic heterocycles. The van der Waals surface area contributed by atoms with Crippen molar-refractivity contribution in [3.8, 4) is 0 Å². The predicted molar refractivity (Wildman–Crippen MR) is 105 cm³/mol. The maximum absolute atomic E-state index is 13.9. The van der Waals surface area contributed by atoms with Crippen molar-refractivity contribution in [1.29, 1.82) is 0 Å². The van der Waals surface area contributed by atoms with Gasteiger partial charge in [-0.2, -0.15) is 57.1 Å². The molecular weight excluding hydrogens is 559 g/mol. The molecule has 0 aliphatic heterocycles. The lowest BCUT2D eigenvalue weighted by Gasteiger charge is -2.39. The molecule has 0 aliphatic carbocycles. The van der Waals surface area contributed by atoms with Crippen molar-refractivity contribution < 1.29 is 66.6 Å². The lowest BCUT2D eigenvalue weighted by Crippen LogP contribution is -2.70. The van der Waals surface area contributed by atoms with Crippen LogP contribution >= 0.6 is 23.5 Å². The van der Waals surface area contributed by atoms with Crippen LogP contribution < -0.4 is 0 Å². The fourth-order valence-electron chi connectivity index (χ4n) is 2.37. The number of rotatable bonds is 16. The van der Waals surface area contributed by atoms with Crippen LogP contribution in [0.15, 0.2) is 0 Å². The van der Waals surface area contributed by atoms with E-state index in [1.54, 1.807) is 0 Å². The van der Waals surface area contributed by atoms with Crippen molar-refractivity contribution >= 4 is 29.5 Å². The van der Waals surface area contributed by atoms with Gasteiger partial charge in [0, 0.05) is 12.2 Å². The van der Waals surface area contributed by atoms with E-state index >= 15 is 0 Å². The van der Waals surface area contributed by atoms with Gasteiger partial charge < -0.3 is 4.74 Å². The van der Waals surface area contributed by atoms with E-state index in [9.17, 15) is 61.9 Å². The van der Waals surface area contributed by atoms with Crippen LogP contribution in [-0.2, 0) is 9.53 Å². The van der Waals surface area contributed by atoms with Crippen molar-refractivity contribution in [2.75, 3.05) is 18.1 Å². The van der Waals surface area contributed by atoms with Crippen molar-refractivity contribution in [2.45, 2.75) is 86.3 Å². The fourth-order valence-corrected chi connectivity index (χ4v) is 4.91. The maximum Gasteiger partial charge on any atom is 0.460 e. The molecule has 1 unspecified atom stereocenters. The van der Waals surface area contributed by atoms with E-state index in [1.165, 1.54) is 6.92 Å². The monoisotopic (exact) mass is 582 g/mol. The van der Waals surface area contributed by atoms with Crippen LogP contribution in [0, 0.1) is 0 Å². The Morgan fingerprint density at radius 1 is 0.686 bits per heavy atom. The summed E-state index contributed by atoms with van der Waals surface area (Å²) in [6, 6.07) is 0. The molecule has 1 atom stereocenters. The SMILES string of the molecule is CCCCCCSC(SCCC(F)(F)C(F)(F)C(F)(F)C(F)(F)C(F)(F)C(F)(F)F)C(=O)OCC. The number of carbonyl (C=O) groups excluding carboxylic acids is 1. The average molecular weight is 582 g/mol. The molecule has 17 heteroatoms. The molecule has 0 amide bonds. The van der Waals surface area contributed by atoms with Crippen molar-refractivity contribution in [3.63, 3.8) is 0 Å². The smallest absolute Gasteiger partial charge is 0.460 e. The highest BCUT2D eigenvalue weighted by atomic mass is 32.2. The van der Waals surface area contributed by atoms with Crippen LogP contribution in [0.25, 0.3) is 0 Å². The van der Waals surface area contributed by atoms with E-state index < -0.39 is 58.5 Å². The van der Waals surface area contributed by atoms with E-state index in [4.69, 9.17) is 0 Å². The molecule has 0 saturated carbocycles. The van der Waals surface area contributed by atoms with Gasteiger partial charge in [-0.3, -0.25) is 0 Å². The van der Waals surface area contributed by atoms with Crippen LogP contribution in [0.5, 0.6) is 0 Å². The minimum absolute atomic E-state index is 0.157. The summed E-state index contributed by atoms with van der Waals surface area (Å²) in [5.74, 6) is -38.9. The summed E-state index contributed by atoms with van der Waals surface area (Å²) in [4.78, 5) is 11.9. The molecule has 0 aliphatic rings. The largest absolute Gasteiger partial charge is 0.465 e. The summed E-state index contributed by atoms with van der Waals surface area (Å²) in [6.45, 7) is 3.14. The molecule has 0 fully saturated rings. The van der Waals surface area contributed by atoms with E-state index in [2.05, 4.69) is 4.74 Å². The minimum atomic E-state index is -7.92. The van der Waals surface area contributed by atoms with E-state index in [0.717, 1.165) is 31.0 Å². The number of esters is 1. The number of unbranched alkanes of at least 4 members (excludes halogenated alkanes) is 3. The summed E-state index contributed by atoms with van der Waals surface area (Å²) in [5.41, 5.74) is 0. The Balaban J connectivity index is 5.55. The molecule has 0 bridgehead atoms. The normalized spacial score (nSPS) is 15.3. The first-order chi connectivity index (χ1) is 15.7. The van der Waals surface area contributed by atoms with Gasteiger partial charge in [-0.05, 0) is 19.1 Å². The third-order valence-corrected chi connectivity index (χ3v) is 7.20. The Morgan fingerprint density at radius 2 is 1.17 bits per heavy atom. The van der Waals surface area contributed by atoms with Gasteiger partial charge in [0.15, 0.2) is 0 Å². The molecule has 0 aromatic rings. The summed E-state index contributed by atoms with van der Waals surface area (Å²) >= 11 is 1.08. The van der Waals surface area contributed by atoms with Crippen LogP contribution in [0.3, 0.4) is 0 Å². The standard InChI is InChI=1S/C18H23F13O2S2/c1-3-5-6-7-9-34-12(11(32)33-4-2)35-10-8-13(19,20)14(21,22)15(23,24)16(25,26)17(27,28)18(29,30)31/h12H,3-10H2,1-2H3. The van der Waals surface area contributed by atoms with Gasteiger partial charge in [0.05, 0.1) is 6.61 Å². The second-order valence-electron chi connectivity index (χ2n) is 7.14. The average Bonchev–Trinajstić information content (AvgIpc) is 2.70. The zero-order valence-electron chi connectivity index (χ0n) is 18.3. The molecule has 210 valence electrons. The van der Waals surface area contributed by atoms with Crippen LogP contribution in [0.1, 0.15) is 46.0 Å². The molecule has 0 N–H and O–H groups in total. The summed E-state index contributed by atoms with van der Waals surface area (Å²) < 4.78 is 174. The number of alkyl halides is 13. The Bertz CT molecular complexity index is 669. The van der Waals surface area contributed by atoms with Gasteiger partial charge in [-0.25, -0.2) is 4.79 Å². The second-order valence-corrected chi connectivity index (χ2v) is 9.86. The van der Waals surface area contributed by atoms with E-state index in [-0.39, 0.29) is 18.4 Å². The molecule has 0 heterocycles. The third kappa shape index (κ3) is 7.63. The first kappa shape index (κ1) is 34.3. The van der Waals surface area contributed by atoms with E-state index in [1.807, 2.05) is 6.92 Å². The van der Waals surface area contributed by atoms with Crippen molar-refractivity contribution in [1.82, 2.24) is 0 Å². The zero-order valence-corrected chi connectivity index (χ0v) is 19.9. The first-order valence-electron chi connectivity index (χ1n) is 10.0. The van der Waals surface area contributed by atoms with Gasteiger partial charge in [-0.1, -0.05) is 26.2 Å². The Labute approximate surface area is 201 Å². The summed E-state index contributed by atoms with van der Waals surface area (Å²) in [7, 11) is 0. The summed E-state index contributed by atoms with van der Waals surface area (Å²) in [5, 5.41) is 0. The molecule has 35 heavy (non-hydrogen) atoms. The topological polar surface area (TPSA) is 26.3 Å². The molecular formula is C18H23F13O2S2. The Hall–Kier alpha value is -0.740. The molecule has 0 rings (SSSR count). The van der Waals surface area contributed by atoms with Gasteiger partial charge in [-0.15, -0.1) is 23.5 Å².